The molecule has 1 saturated carbocycles. The van der Waals surface area contributed by atoms with E-state index in [9.17, 15) is 18.8 Å². The molecule has 1 atom stereocenters. The van der Waals surface area contributed by atoms with Crippen LogP contribution in [0.5, 0.6) is 0 Å². The van der Waals surface area contributed by atoms with E-state index in [0.717, 1.165) is 0 Å². The maximum atomic E-state index is 13.5. The normalized spacial score (nSPS) is 19.0. The van der Waals surface area contributed by atoms with Crippen molar-refractivity contribution in [1.82, 2.24) is 24.4 Å². The van der Waals surface area contributed by atoms with E-state index in [-0.39, 0.29) is 35.9 Å². The van der Waals surface area contributed by atoms with Crippen LogP contribution in [0.1, 0.15) is 56.2 Å². The monoisotopic (exact) mass is 372 g/mol. The van der Waals surface area contributed by atoms with E-state index in [4.69, 9.17) is 0 Å². The molecule has 0 radical (unpaired) electrons. The summed E-state index contributed by atoms with van der Waals surface area (Å²) in [4.78, 5) is 16.0. The van der Waals surface area contributed by atoms with Gasteiger partial charge in [0.2, 0.25) is 5.92 Å². The van der Waals surface area contributed by atoms with Crippen molar-refractivity contribution in [1.29, 1.82) is 5.26 Å². The molecule has 1 aliphatic carbocycles. The van der Waals surface area contributed by atoms with Gasteiger partial charge in [0.15, 0.2) is 5.65 Å². The van der Waals surface area contributed by atoms with Gasteiger partial charge in [-0.1, -0.05) is 13.8 Å². The fourth-order valence-electron chi connectivity index (χ4n) is 3.69. The van der Waals surface area contributed by atoms with Gasteiger partial charge in [-0.2, -0.15) is 20.0 Å². The summed E-state index contributed by atoms with van der Waals surface area (Å²) in [6.07, 6.45) is 4.57. The van der Waals surface area contributed by atoms with E-state index in [0.29, 0.717) is 28.9 Å². The van der Waals surface area contributed by atoms with Crippen LogP contribution in [0.15, 0.2) is 23.4 Å². The number of nitriles is 1. The summed E-state index contributed by atoms with van der Waals surface area (Å²) in [5.74, 6) is -2.77. The van der Waals surface area contributed by atoms with Crippen molar-refractivity contribution in [3.8, 4) is 17.3 Å². The van der Waals surface area contributed by atoms with Gasteiger partial charge in [0.05, 0.1) is 24.1 Å². The van der Waals surface area contributed by atoms with Crippen molar-refractivity contribution in [2.75, 3.05) is 0 Å². The molecule has 1 fully saturated rings. The van der Waals surface area contributed by atoms with E-state index >= 15 is 0 Å². The Morgan fingerprint density at radius 3 is 2.78 bits per heavy atom. The standard InChI is InChI=1S/C18H18F2N6O/c1-10(2)14-15(24-16-11(6-21)7-23-26(16)17(14)27)12-8-22-25(9-12)13-3-4-18(19,20)5-13/h7-10,13,24H,3-5H2,1-2H3. The maximum Gasteiger partial charge on any atom is 0.278 e. The highest BCUT2D eigenvalue weighted by Gasteiger charge is 2.40. The molecule has 7 nitrogen and oxygen atoms in total. The number of aromatic nitrogens is 5. The molecule has 1 unspecified atom stereocenters. The molecule has 0 aromatic carbocycles. The van der Waals surface area contributed by atoms with Crippen molar-refractivity contribution in [2.24, 2.45) is 0 Å². The molecule has 0 amide bonds. The minimum Gasteiger partial charge on any atom is -0.338 e. The lowest BCUT2D eigenvalue weighted by Crippen LogP contribution is -2.22. The molecule has 0 spiro atoms. The molecule has 3 aromatic rings. The van der Waals surface area contributed by atoms with Crippen molar-refractivity contribution < 1.29 is 8.78 Å². The van der Waals surface area contributed by atoms with Crippen LogP contribution >= 0.6 is 0 Å². The van der Waals surface area contributed by atoms with Gasteiger partial charge in [0.1, 0.15) is 11.6 Å². The van der Waals surface area contributed by atoms with E-state index in [1.807, 2.05) is 19.9 Å². The summed E-state index contributed by atoms with van der Waals surface area (Å²) in [6, 6.07) is 1.64. The van der Waals surface area contributed by atoms with E-state index < -0.39 is 5.92 Å². The van der Waals surface area contributed by atoms with Crippen LogP contribution in [-0.2, 0) is 0 Å². The molecule has 3 heterocycles. The first-order valence-electron chi connectivity index (χ1n) is 8.77. The number of fused-ring (bicyclic) bond motifs is 1. The Bertz CT molecular complexity index is 1120. The first-order valence-corrected chi connectivity index (χ1v) is 8.77. The molecular weight excluding hydrogens is 354 g/mol. The highest BCUT2D eigenvalue weighted by molar-refractivity contribution is 5.67. The third-order valence-corrected chi connectivity index (χ3v) is 5.04. The third kappa shape index (κ3) is 2.81. The molecule has 0 aliphatic heterocycles. The topological polar surface area (TPSA) is 91.8 Å². The predicted molar refractivity (Wildman–Crippen MR) is 93.7 cm³/mol. The molecule has 0 bridgehead atoms. The predicted octanol–water partition coefficient (Wildman–Crippen LogP) is 3.24. The number of nitrogens with one attached hydrogen (secondary N) is 1. The van der Waals surface area contributed by atoms with Crippen LogP contribution in [0, 0.1) is 11.3 Å². The molecule has 1 aliphatic rings. The molecule has 1 N–H and O–H groups in total. The molecule has 0 saturated heterocycles. The summed E-state index contributed by atoms with van der Waals surface area (Å²) < 4.78 is 29.8. The number of hydrogen-bond acceptors (Lipinski definition) is 4. The molecule has 3 aromatic heterocycles. The van der Waals surface area contributed by atoms with Crippen LogP contribution in [-0.4, -0.2) is 30.3 Å². The minimum atomic E-state index is -2.66. The van der Waals surface area contributed by atoms with Gasteiger partial charge in [-0.25, -0.2) is 8.78 Å². The Morgan fingerprint density at radius 2 is 2.15 bits per heavy atom. The van der Waals surface area contributed by atoms with Gasteiger partial charge in [0, 0.05) is 30.2 Å². The average molecular weight is 372 g/mol. The van der Waals surface area contributed by atoms with Gasteiger partial charge < -0.3 is 4.98 Å². The minimum absolute atomic E-state index is 0.109. The maximum absolute atomic E-state index is 13.5. The summed E-state index contributed by atoms with van der Waals surface area (Å²) >= 11 is 0. The first kappa shape index (κ1) is 17.4. The second-order valence-electron chi connectivity index (χ2n) is 7.27. The summed E-state index contributed by atoms with van der Waals surface area (Å²) in [6.45, 7) is 3.77. The molecule has 4 rings (SSSR count). The smallest absolute Gasteiger partial charge is 0.278 e. The van der Waals surface area contributed by atoms with Gasteiger partial charge in [0.25, 0.3) is 5.56 Å². The zero-order valence-corrected chi connectivity index (χ0v) is 14.9. The van der Waals surface area contributed by atoms with Crippen molar-refractivity contribution >= 4 is 5.65 Å². The van der Waals surface area contributed by atoms with Crippen LogP contribution in [0.2, 0.25) is 0 Å². The first-order chi connectivity index (χ1) is 12.8. The van der Waals surface area contributed by atoms with Gasteiger partial charge >= 0.3 is 0 Å². The van der Waals surface area contributed by atoms with Gasteiger partial charge in [-0.3, -0.25) is 9.48 Å². The van der Waals surface area contributed by atoms with Gasteiger partial charge in [-0.15, -0.1) is 0 Å². The van der Waals surface area contributed by atoms with E-state index in [1.54, 1.807) is 17.1 Å². The molecule has 27 heavy (non-hydrogen) atoms. The second-order valence-corrected chi connectivity index (χ2v) is 7.27. The average Bonchev–Trinajstić information content (AvgIpc) is 3.31. The lowest BCUT2D eigenvalue weighted by molar-refractivity contribution is 0.00518. The van der Waals surface area contributed by atoms with Crippen LogP contribution < -0.4 is 5.56 Å². The number of nitrogens with zero attached hydrogens (tertiary/aromatic N) is 5. The SMILES string of the molecule is CC(C)c1c(-c2cnn(C3CCC(F)(F)C3)c2)[nH]c2c(C#N)cnn2c1=O. The Kier molecular flexibility index (Phi) is 3.87. The van der Waals surface area contributed by atoms with Crippen LogP contribution in [0.25, 0.3) is 16.9 Å². The van der Waals surface area contributed by atoms with Crippen molar-refractivity contribution in [2.45, 2.75) is 51.0 Å². The molecule has 140 valence electrons. The Hall–Kier alpha value is -3.02. The highest BCUT2D eigenvalue weighted by Crippen LogP contribution is 2.41. The Labute approximate surface area is 153 Å². The third-order valence-electron chi connectivity index (χ3n) is 5.04. The fraction of sp³-hybridized carbons (Fsp3) is 0.444. The largest absolute Gasteiger partial charge is 0.338 e. The Balaban J connectivity index is 1.85. The van der Waals surface area contributed by atoms with Crippen molar-refractivity contribution in [3.05, 3.63) is 40.1 Å². The summed E-state index contributed by atoms with van der Waals surface area (Å²) in [7, 11) is 0. The van der Waals surface area contributed by atoms with Gasteiger partial charge in [-0.05, 0) is 12.3 Å². The summed E-state index contributed by atoms with van der Waals surface area (Å²) in [5.41, 5.74) is 1.92. The van der Waals surface area contributed by atoms with Crippen LogP contribution in [0.3, 0.4) is 0 Å². The van der Waals surface area contributed by atoms with E-state index in [2.05, 4.69) is 15.2 Å². The zero-order chi connectivity index (χ0) is 19.3. The summed E-state index contributed by atoms with van der Waals surface area (Å²) in [5, 5.41) is 17.5. The zero-order valence-electron chi connectivity index (χ0n) is 14.9. The molecule has 9 heteroatoms. The number of halogens is 2. The van der Waals surface area contributed by atoms with Crippen molar-refractivity contribution in [3.63, 3.8) is 0 Å². The fourth-order valence-corrected chi connectivity index (χ4v) is 3.69. The number of hydrogen-bond donors (Lipinski definition) is 1. The van der Waals surface area contributed by atoms with Crippen LogP contribution in [0.4, 0.5) is 8.78 Å². The highest BCUT2D eigenvalue weighted by atomic mass is 19.3. The second kappa shape index (κ2) is 6.01. The lowest BCUT2D eigenvalue weighted by atomic mass is 10.00. The number of H-pyrrole nitrogens is 1. The van der Waals surface area contributed by atoms with E-state index in [1.165, 1.54) is 10.7 Å². The Morgan fingerprint density at radius 1 is 1.37 bits per heavy atom. The molecular formula is C18H18F2N6O. The number of aromatic amines is 1. The lowest BCUT2D eigenvalue weighted by Gasteiger charge is -2.12. The quantitative estimate of drug-likeness (QED) is 0.764. The number of rotatable bonds is 3. The number of alkyl halides is 2.